The molecule has 0 aliphatic heterocycles. The molecule has 72 valence electrons. The summed E-state index contributed by atoms with van der Waals surface area (Å²) in [4.78, 5) is 10.5. The highest BCUT2D eigenvalue weighted by atomic mass is 16.4. The standard InChI is InChI=1S/C10H10N2O2/c1-6-2-7(4-10(13)14)9(12)3-8(6)5-11/h2-3H,4,12H2,1H3,(H,13,14). The van der Waals surface area contributed by atoms with Crippen LogP contribution in [-0.2, 0) is 11.2 Å². The summed E-state index contributed by atoms with van der Waals surface area (Å²) in [6.07, 6.45) is -0.113. The number of hydrogen-bond acceptors (Lipinski definition) is 3. The SMILES string of the molecule is Cc1cc(CC(=O)O)c(N)cc1C#N. The van der Waals surface area contributed by atoms with Gasteiger partial charge < -0.3 is 10.8 Å². The third-order valence-corrected chi connectivity index (χ3v) is 1.95. The Hall–Kier alpha value is -2.02. The van der Waals surface area contributed by atoms with Gasteiger partial charge in [0.25, 0.3) is 0 Å². The Morgan fingerprint density at radius 3 is 2.79 bits per heavy atom. The van der Waals surface area contributed by atoms with Gasteiger partial charge in [0.1, 0.15) is 0 Å². The lowest BCUT2D eigenvalue weighted by molar-refractivity contribution is -0.136. The van der Waals surface area contributed by atoms with Gasteiger partial charge in [0.2, 0.25) is 0 Å². The number of benzene rings is 1. The largest absolute Gasteiger partial charge is 0.481 e. The summed E-state index contributed by atoms with van der Waals surface area (Å²) in [5.41, 5.74) is 7.74. The Morgan fingerprint density at radius 1 is 1.64 bits per heavy atom. The number of anilines is 1. The van der Waals surface area contributed by atoms with Crippen molar-refractivity contribution in [1.82, 2.24) is 0 Å². The van der Waals surface area contributed by atoms with Crippen molar-refractivity contribution in [3.05, 3.63) is 28.8 Å². The van der Waals surface area contributed by atoms with Crippen molar-refractivity contribution in [3.8, 4) is 6.07 Å². The zero-order valence-corrected chi connectivity index (χ0v) is 7.74. The van der Waals surface area contributed by atoms with Crippen LogP contribution in [0.1, 0.15) is 16.7 Å². The summed E-state index contributed by atoms with van der Waals surface area (Å²) in [6.45, 7) is 1.75. The van der Waals surface area contributed by atoms with Crippen LogP contribution < -0.4 is 5.73 Å². The van der Waals surface area contributed by atoms with Crippen LogP contribution in [0.25, 0.3) is 0 Å². The van der Waals surface area contributed by atoms with Crippen LogP contribution >= 0.6 is 0 Å². The van der Waals surface area contributed by atoms with Crippen LogP contribution in [0.5, 0.6) is 0 Å². The lowest BCUT2D eigenvalue weighted by atomic mass is 10.0. The Labute approximate surface area is 81.6 Å². The van der Waals surface area contributed by atoms with E-state index in [9.17, 15) is 4.79 Å². The van der Waals surface area contributed by atoms with Crippen molar-refractivity contribution in [2.45, 2.75) is 13.3 Å². The topological polar surface area (TPSA) is 87.1 Å². The van der Waals surface area contributed by atoms with E-state index in [0.29, 0.717) is 16.8 Å². The first kappa shape index (κ1) is 10.1. The van der Waals surface area contributed by atoms with Gasteiger partial charge in [-0.3, -0.25) is 4.79 Å². The van der Waals surface area contributed by atoms with Crippen LogP contribution in [0.3, 0.4) is 0 Å². The molecule has 0 unspecified atom stereocenters. The minimum absolute atomic E-state index is 0.113. The second-order valence-electron chi connectivity index (χ2n) is 3.05. The summed E-state index contributed by atoms with van der Waals surface area (Å²) in [7, 11) is 0. The van der Waals surface area contributed by atoms with Crippen LogP contribution in [0.4, 0.5) is 5.69 Å². The van der Waals surface area contributed by atoms with Gasteiger partial charge in [-0.05, 0) is 24.1 Å². The summed E-state index contributed by atoms with van der Waals surface area (Å²) < 4.78 is 0. The van der Waals surface area contributed by atoms with E-state index in [1.807, 2.05) is 6.07 Å². The predicted octanol–water partition coefficient (Wildman–Crippen LogP) is 1.08. The lowest BCUT2D eigenvalue weighted by Crippen LogP contribution is -2.04. The molecule has 0 aliphatic rings. The molecule has 0 aliphatic carbocycles. The molecule has 14 heavy (non-hydrogen) atoms. The maximum absolute atomic E-state index is 10.5. The van der Waals surface area contributed by atoms with Crippen molar-refractivity contribution >= 4 is 11.7 Å². The van der Waals surface area contributed by atoms with Crippen LogP contribution in [0.15, 0.2) is 12.1 Å². The van der Waals surface area contributed by atoms with Gasteiger partial charge in [-0.1, -0.05) is 6.07 Å². The van der Waals surface area contributed by atoms with Gasteiger partial charge in [0, 0.05) is 5.69 Å². The van der Waals surface area contributed by atoms with Crippen LogP contribution in [0, 0.1) is 18.3 Å². The molecule has 1 aromatic carbocycles. The number of carbonyl (C=O) groups is 1. The molecule has 0 radical (unpaired) electrons. The molecule has 4 heteroatoms. The number of nitrogens with two attached hydrogens (primary N) is 1. The van der Waals surface area contributed by atoms with Gasteiger partial charge in [-0.2, -0.15) is 5.26 Å². The molecule has 0 spiro atoms. The third-order valence-electron chi connectivity index (χ3n) is 1.95. The average Bonchev–Trinajstić information content (AvgIpc) is 2.10. The average molecular weight is 190 g/mol. The van der Waals surface area contributed by atoms with E-state index in [1.54, 1.807) is 13.0 Å². The molecule has 0 saturated carbocycles. The molecule has 1 aromatic rings. The molecule has 0 saturated heterocycles. The highest BCUT2D eigenvalue weighted by Crippen LogP contribution is 2.18. The number of nitrogens with zero attached hydrogens (tertiary/aromatic N) is 1. The number of carboxylic acids is 1. The second kappa shape index (κ2) is 3.79. The maximum Gasteiger partial charge on any atom is 0.307 e. The molecule has 4 nitrogen and oxygen atoms in total. The van der Waals surface area contributed by atoms with Crippen molar-refractivity contribution in [2.75, 3.05) is 5.73 Å². The first-order valence-electron chi connectivity index (χ1n) is 4.05. The first-order valence-corrected chi connectivity index (χ1v) is 4.05. The van der Waals surface area contributed by atoms with Gasteiger partial charge in [-0.25, -0.2) is 0 Å². The third kappa shape index (κ3) is 2.02. The van der Waals surface area contributed by atoms with Crippen molar-refractivity contribution < 1.29 is 9.90 Å². The van der Waals surface area contributed by atoms with Gasteiger partial charge in [0.15, 0.2) is 0 Å². The molecule has 1 rings (SSSR count). The fourth-order valence-electron chi connectivity index (χ4n) is 1.22. The number of carboxylic acid groups (broad SMARTS) is 1. The van der Waals surface area contributed by atoms with Crippen LogP contribution in [0.2, 0.25) is 0 Å². The van der Waals surface area contributed by atoms with E-state index < -0.39 is 5.97 Å². The zero-order valence-electron chi connectivity index (χ0n) is 7.74. The summed E-state index contributed by atoms with van der Waals surface area (Å²) >= 11 is 0. The Bertz CT molecular complexity index is 419. The maximum atomic E-state index is 10.5. The second-order valence-corrected chi connectivity index (χ2v) is 3.05. The fourth-order valence-corrected chi connectivity index (χ4v) is 1.22. The van der Waals surface area contributed by atoms with E-state index in [0.717, 1.165) is 5.56 Å². The number of aliphatic carboxylic acids is 1. The molecule has 0 amide bonds. The minimum atomic E-state index is -0.930. The Kier molecular flexibility index (Phi) is 2.73. The van der Waals surface area contributed by atoms with Gasteiger partial charge in [0.05, 0.1) is 18.1 Å². The van der Waals surface area contributed by atoms with E-state index >= 15 is 0 Å². The monoisotopic (exact) mass is 190 g/mol. The van der Waals surface area contributed by atoms with Gasteiger partial charge in [-0.15, -0.1) is 0 Å². The Balaban J connectivity index is 3.16. The smallest absolute Gasteiger partial charge is 0.307 e. The molecular formula is C10H10N2O2. The summed E-state index contributed by atoms with van der Waals surface area (Å²) in [5.74, 6) is -0.930. The molecule has 0 aromatic heterocycles. The van der Waals surface area contributed by atoms with Gasteiger partial charge >= 0.3 is 5.97 Å². The van der Waals surface area contributed by atoms with Crippen molar-refractivity contribution in [2.24, 2.45) is 0 Å². The molecular weight excluding hydrogens is 180 g/mol. The van der Waals surface area contributed by atoms with E-state index in [-0.39, 0.29) is 6.42 Å². The molecule has 0 heterocycles. The molecule has 0 atom stereocenters. The Morgan fingerprint density at radius 2 is 2.29 bits per heavy atom. The van der Waals surface area contributed by atoms with Crippen molar-refractivity contribution in [1.29, 1.82) is 5.26 Å². The number of hydrogen-bond donors (Lipinski definition) is 2. The minimum Gasteiger partial charge on any atom is -0.481 e. The van der Waals surface area contributed by atoms with E-state index in [4.69, 9.17) is 16.1 Å². The fraction of sp³-hybridized carbons (Fsp3) is 0.200. The highest BCUT2D eigenvalue weighted by molar-refractivity contribution is 5.73. The van der Waals surface area contributed by atoms with E-state index in [2.05, 4.69) is 0 Å². The number of rotatable bonds is 2. The zero-order chi connectivity index (χ0) is 10.7. The van der Waals surface area contributed by atoms with E-state index in [1.165, 1.54) is 6.07 Å². The first-order chi connectivity index (χ1) is 6.54. The lowest BCUT2D eigenvalue weighted by Gasteiger charge is -2.05. The highest BCUT2D eigenvalue weighted by Gasteiger charge is 2.07. The molecule has 0 fully saturated rings. The predicted molar refractivity (Wildman–Crippen MR) is 51.6 cm³/mol. The van der Waals surface area contributed by atoms with Crippen molar-refractivity contribution in [3.63, 3.8) is 0 Å². The number of nitrogen functional groups attached to an aromatic ring is 1. The molecule has 3 N–H and O–H groups in total. The van der Waals surface area contributed by atoms with Crippen LogP contribution in [-0.4, -0.2) is 11.1 Å². The normalized spacial score (nSPS) is 9.43. The molecule has 0 bridgehead atoms. The summed E-state index contributed by atoms with van der Waals surface area (Å²) in [6, 6.07) is 5.14. The summed E-state index contributed by atoms with van der Waals surface area (Å²) in [5, 5.41) is 17.3. The quantitative estimate of drug-likeness (QED) is 0.683. The number of aryl methyl sites for hydroxylation is 1. The number of nitriles is 1.